The summed E-state index contributed by atoms with van der Waals surface area (Å²) >= 11 is 0. The minimum Gasteiger partial charge on any atom is -0.394 e. The van der Waals surface area contributed by atoms with Crippen LogP contribution in [0.2, 0.25) is 0 Å². The zero-order chi connectivity index (χ0) is 39.7. The van der Waals surface area contributed by atoms with Crippen molar-refractivity contribution >= 4 is 0 Å². The summed E-state index contributed by atoms with van der Waals surface area (Å²) in [6, 6.07) is 0. The predicted octanol–water partition coefficient (Wildman–Crippen LogP) is 7.19. The van der Waals surface area contributed by atoms with E-state index in [1.807, 2.05) is 34.6 Å². The predicted molar refractivity (Wildman–Crippen MR) is 215 cm³/mol. The Kier molecular flexibility index (Phi) is 41.8. The number of rotatable bonds is 45. The number of aliphatic hydroxyl groups is 1. The van der Waals surface area contributed by atoms with Crippen LogP contribution in [0.3, 0.4) is 0 Å². The second-order valence-corrected chi connectivity index (χ2v) is 14.5. The summed E-state index contributed by atoms with van der Waals surface area (Å²) in [7, 11) is 0. The molecule has 54 heavy (non-hydrogen) atoms. The molecule has 0 bridgehead atoms. The lowest BCUT2D eigenvalue weighted by Crippen LogP contribution is -2.30. The van der Waals surface area contributed by atoms with Crippen LogP contribution >= 0.6 is 0 Å². The molecule has 6 unspecified atom stereocenters. The third-order valence-corrected chi connectivity index (χ3v) is 8.55. The molecule has 0 aromatic heterocycles. The molecule has 0 fully saturated rings. The van der Waals surface area contributed by atoms with E-state index >= 15 is 0 Å². The molecule has 0 aromatic rings. The summed E-state index contributed by atoms with van der Waals surface area (Å²) in [5.74, 6) is 0. The monoisotopic (exact) mass is 783 g/mol. The van der Waals surface area contributed by atoms with Crippen LogP contribution < -0.4 is 0 Å². The summed E-state index contributed by atoms with van der Waals surface area (Å²) in [5, 5.41) is 8.63. The second-order valence-electron chi connectivity index (χ2n) is 14.5. The van der Waals surface area contributed by atoms with Crippen LogP contribution in [0.4, 0.5) is 0 Å². The number of ether oxygens (including phenoxy) is 11. The van der Waals surface area contributed by atoms with Crippen LogP contribution in [0.25, 0.3) is 0 Å². The van der Waals surface area contributed by atoms with Crippen molar-refractivity contribution in [2.75, 3.05) is 112 Å². The van der Waals surface area contributed by atoms with Gasteiger partial charge in [0, 0.05) is 6.61 Å². The van der Waals surface area contributed by atoms with E-state index in [0.717, 1.165) is 13.0 Å². The van der Waals surface area contributed by atoms with Crippen molar-refractivity contribution in [1.82, 2.24) is 0 Å². The maximum atomic E-state index is 8.63. The summed E-state index contributed by atoms with van der Waals surface area (Å²) < 4.78 is 62.8. The minimum absolute atomic E-state index is 0.0213. The molecule has 0 amide bonds. The quantitative estimate of drug-likeness (QED) is 0.0630. The molecule has 0 rings (SSSR count). The molecule has 0 aromatic carbocycles. The van der Waals surface area contributed by atoms with Crippen molar-refractivity contribution in [2.45, 2.75) is 162 Å². The Bertz CT molecular complexity index is 663. The van der Waals surface area contributed by atoms with Crippen LogP contribution in [0.1, 0.15) is 126 Å². The molecule has 12 nitrogen and oxygen atoms in total. The van der Waals surface area contributed by atoms with Crippen LogP contribution in [-0.2, 0) is 52.1 Å². The number of unbranched alkanes of at least 4 members (excludes halogenated alkanes) is 11. The van der Waals surface area contributed by atoms with Crippen molar-refractivity contribution < 1.29 is 57.2 Å². The summed E-state index contributed by atoms with van der Waals surface area (Å²) in [4.78, 5) is 0. The van der Waals surface area contributed by atoms with Crippen molar-refractivity contribution in [3.63, 3.8) is 0 Å². The first-order chi connectivity index (χ1) is 26.3. The van der Waals surface area contributed by atoms with Gasteiger partial charge in [-0.1, -0.05) is 77.6 Å². The van der Waals surface area contributed by atoms with Gasteiger partial charge in [-0.25, -0.2) is 0 Å². The number of hydrogen-bond donors (Lipinski definition) is 1. The number of aliphatic hydroxyl groups excluding tert-OH is 1. The lowest BCUT2D eigenvalue weighted by atomic mass is 10.1. The van der Waals surface area contributed by atoms with Crippen LogP contribution in [-0.4, -0.2) is 154 Å². The average Bonchev–Trinajstić information content (AvgIpc) is 3.16. The fourth-order valence-electron chi connectivity index (χ4n) is 5.22. The highest BCUT2D eigenvalue weighted by Crippen LogP contribution is 2.12. The van der Waals surface area contributed by atoms with Gasteiger partial charge in [0.05, 0.1) is 142 Å². The fourth-order valence-corrected chi connectivity index (χ4v) is 5.22. The highest BCUT2D eigenvalue weighted by atomic mass is 16.6. The minimum atomic E-state index is -0.0623. The fraction of sp³-hybridized carbons (Fsp3) is 1.00. The maximum absolute atomic E-state index is 8.63. The zero-order valence-electron chi connectivity index (χ0n) is 35.9. The Hall–Kier alpha value is -0.480. The van der Waals surface area contributed by atoms with E-state index < -0.39 is 0 Å². The molecule has 0 aliphatic heterocycles. The van der Waals surface area contributed by atoms with Gasteiger partial charge in [-0.15, -0.1) is 0 Å². The first-order valence-electron chi connectivity index (χ1n) is 21.5. The van der Waals surface area contributed by atoms with E-state index in [1.165, 1.54) is 70.6 Å². The highest BCUT2D eigenvalue weighted by Gasteiger charge is 2.14. The molecule has 12 heteroatoms. The smallest absolute Gasteiger partial charge is 0.0781 e. The van der Waals surface area contributed by atoms with E-state index in [-0.39, 0.29) is 43.2 Å². The Morgan fingerprint density at radius 3 is 0.963 bits per heavy atom. The van der Waals surface area contributed by atoms with Gasteiger partial charge in [0.1, 0.15) is 0 Å². The van der Waals surface area contributed by atoms with Crippen molar-refractivity contribution in [1.29, 1.82) is 0 Å². The van der Waals surface area contributed by atoms with Crippen LogP contribution in [0.5, 0.6) is 0 Å². The lowest BCUT2D eigenvalue weighted by molar-refractivity contribution is -0.105. The van der Waals surface area contributed by atoms with E-state index in [1.54, 1.807) is 0 Å². The molecular weight excluding hydrogens is 696 g/mol. The van der Waals surface area contributed by atoms with Gasteiger partial charge >= 0.3 is 0 Å². The maximum Gasteiger partial charge on any atom is 0.0781 e. The average molecular weight is 783 g/mol. The molecule has 326 valence electrons. The Labute approximate surface area is 331 Å². The molecule has 6 atom stereocenters. The Morgan fingerprint density at radius 1 is 0.296 bits per heavy atom. The Balaban J connectivity index is 3.61. The van der Waals surface area contributed by atoms with Gasteiger partial charge in [-0.2, -0.15) is 0 Å². The Morgan fingerprint density at radius 2 is 0.593 bits per heavy atom. The van der Waals surface area contributed by atoms with Crippen LogP contribution in [0.15, 0.2) is 0 Å². The van der Waals surface area contributed by atoms with Gasteiger partial charge in [-0.3, -0.25) is 0 Å². The standard InChI is InChI=1S/C42H86O12/c1-8-9-10-11-12-13-14-15-16-17-18-19-21-48-31-37(2)50-33-39(4)52-35-41(6)54-36-42(7)53-34-40(5)51-32-38(3)49-30-29-47-28-27-46-26-25-45-24-23-44-22-20-43/h37-43H,8-36H2,1-7H3. The first kappa shape index (κ1) is 53.5. The third kappa shape index (κ3) is 41.2. The van der Waals surface area contributed by atoms with Crippen molar-refractivity contribution in [3.8, 4) is 0 Å². The van der Waals surface area contributed by atoms with Gasteiger partial charge < -0.3 is 57.2 Å². The molecule has 0 saturated heterocycles. The third-order valence-electron chi connectivity index (χ3n) is 8.55. The highest BCUT2D eigenvalue weighted by molar-refractivity contribution is 4.59. The summed E-state index contributed by atoms with van der Waals surface area (Å²) in [5.41, 5.74) is 0. The van der Waals surface area contributed by atoms with Crippen molar-refractivity contribution in [2.24, 2.45) is 0 Å². The molecule has 0 aliphatic carbocycles. The molecular formula is C42H86O12. The summed E-state index contributed by atoms with van der Waals surface area (Å²) in [6.45, 7) is 22.5. The van der Waals surface area contributed by atoms with Gasteiger partial charge in [0.15, 0.2) is 0 Å². The summed E-state index contributed by atoms with van der Waals surface area (Å²) in [6.07, 6.45) is 16.0. The normalized spacial score (nSPS) is 15.3. The molecule has 0 heterocycles. The van der Waals surface area contributed by atoms with Gasteiger partial charge in [0.25, 0.3) is 0 Å². The molecule has 0 saturated carbocycles. The van der Waals surface area contributed by atoms with Crippen LogP contribution in [0, 0.1) is 0 Å². The molecule has 0 spiro atoms. The molecule has 0 aliphatic rings. The van der Waals surface area contributed by atoms with E-state index in [0.29, 0.717) is 99.1 Å². The largest absolute Gasteiger partial charge is 0.394 e. The van der Waals surface area contributed by atoms with E-state index in [2.05, 4.69) is 13.8 Å². The van der Waals surface area contributed by atoms with Crippen molar-refractivity contribution in [3.05, 3.63) is 0 Å². The SMILES string of the molecule is CCCCCCCCCCCCCCOCC(C)OCC(C)OCC(C)OCC(C)OCC(C)OCC(C)OCCOCCOCCOCCOCCO. The molecule has 1 N–H and O–H groups in total. The topological polar surface area (TPSA) is 122 Å². The second kappa shape index (κ2) is 42.1. The number of hydrogen-bond acceptors (Lipinski definition) is 12. The van der Waals surface area contributed by atoms with Gasteiger partial charge in [0.2, 0.25) is 0 Å². The van der Waals surface area contributed by atoms with Gasteiger partial charge in [-0.05, 0) is 48.0 Å². The zero-order valence-corrected chi connectivity index (χ0v) is 35.9. The van der Waals surface area contributed by atoms with E-state index in [9.17, 15) is 0 Å². The lowest BCUT2D eigenvalue weighted by Gasteiger charge is -2.22. The van der Waals surface area contributed by atoms with E-state index in [4.69, 9.17) is 57.2 Å². The molecule has 0 radical (unpaired) electrons. The first-order valence-corrected chi connectivity index (χ1v) is 21.5.